The fraction of sp³-hybridized carbons (Fsp3) is 0.250. The average molecular weight is 480 g/mol. The molecule has 8 nitrogen and oxygen atoms in total. The molecule has 0 aliphatic heterocycles. The second-order valence-corrected chi connectivity index (χ2v) is 10.1. The first-order chi connectivity index (χ1) is 14.9. The average Bonchev–Trinajstić information content (AvgIpc) is 3.26. The Morgan fingerprint density at radius 3 is 2.61 bits per heavy atom. The Labute approximate surface area is 190 Å². The van der Waals surface area contributed by atoms with Crippen LogP contribution in [0.4, 0.5) is 0 Å². The summed E-state index contributed by atoms with van der Waals surface area (Å²) in [6.45, 7) is 2.05. The SMILES string of the molecule is Cc1ccccc1CN(CC(=O)NCCSc1ncn[nH]1)S(=O)(=O)c1ccc(Cl)cc1. The Morgan fingerprint density at radius 2 is 1.94 bits per heavy atom. The van der Waals surface area contributed by atoms with Crippen LogP contribution in [0.2, 0.25) is 5.02 Å². The van der Waals surface area contributed by atoms with Gasteiger partial charge in [-0.15, -0.1) is 0 Å². The Hall–Kier alpha value is -2.40. The number of carbonyl (C=O) groups is 1. The van der Waals surface area contributed by atoms with E-state index in [1.54, 1.807) is 0 Å². The van der Waals surface area contributed by atoms with E-state index < -0.39 is 10.0 Å². The van der Waals surface area contributed by atoms with Crippen LogP contribution >= 0.6 is 23.4 Å². The largest absolute Gasteiger partial charge is 0.354 e. The monoisotopic (exact) mass is 479 g/mol. The van der Waals surface area contributed by atoms with Crippen molar-refractivity contribution in [2.75, 3.05) is 18.8 Å². The first-order valence-corrected chi connectivity index (χ1v) is 12.2. The van der Waals surface area contributed by atoms with E-state index >= 15 is 0 Å². The summed E-state index contributed by atoms with van der Waals surface area (Å²) < 4.78 is 27.7. The zero-order valence-electron chi connectivity index (χ0n) is 16.8. The molecule has 0 saturated carbocycles. The molecule has 0 aliphatic carbocycles. The minimum atomic E-state index is -3.91. The molecule has 2 aromatic carbocycles. The third kappa shape index (κ3) is 6.54. The number of nitrogens with zero attached hydrogens (tertiary/aromatic N) is 3. The molecule has 0 aliphatic rings. The predicted molar refractivity (Wildman–Crippen MR) is 120 cm³/mol. The van der Waals surface area contributed by atoms with Crippen LogP contribution in [0, 0.1) is 6.92 Å². The molecule has 0 radical (unpaired) electrons. The lowest BCUT2D eigenvalue weighted by atomic mass is 10.1. The molecular formula is C20H22ClN5O3S2. The van der Waals surface area contributed by atoms with Crippen LogP contribution in [-0.2, 0) is 21.4 Å². The maximum absolute atomic E-state index is 13.3. The Morgan fingerprint density at radius 1 is 1.19 bits per heavy atom. The van der Waals surface area contributed by atoms with Crippen LogP contribution in [0.25, 0.3) is 0 Å². The summed E-state index contributed by atoms with van der Waals surface area (Å²) in [7, 11) is -3.91. The number of benzene rings is 2. The lowest BCUT2D eigenvalue weighted by molar-refractivity contribution is -0.121. The number of hydrogen-bond donors (Lipinski definition) is 2. The molecule has 0 saturated heterocycles. The number of carbonyl (C=O) groups excluding carboxylic acids is 1. The number of rotatable bonds is 10. The van der Waals surface area contributed by atoms with Crippen molar-refractivity contribution in [2.24, 2.45) is 0 Å². The fourth-order valence-corrected chi connectivity index (χ4v) is 4.91. The first-order valence-electron chi connectivity index (χ1n) is 9.41. The van der Waals surface area contributed by atoms with Gasteiger partial charge in [0.2, 0.25) is 15.9 Å². The summed E-state index contributed by atoms with van der Waals surface area (Å²) in [5, 5.41) is 10.3. The third-order valence-corrected chi connectivity index (χ3v) is 7.37. The summed E-state index contributed by atoms with van der Waals surface area (Å²) in [6.07, 6.45) is 1.41. The van der Waals surface area contributed by atoms with E-state index in [-0.39, 0.29) is 23.9 Å². The molecule has 1 amide bonds. The molecule has 164 valence electrons. The van der Waals surface area contributed by atoms with Gasteiger partial charge >= 0.3 is 0 Å². The van der Waals surface area contributed by atoms with Gasteiger partial charge in [-0.05, 0) is 42.3 Å². The number of hydrogen-bond acceptors (Lipinski definition) is 6. The van der Waals surface area contributed by atoms with E-state index in [1.165, 1.54) is 46.7 Å². The van der Waals surface area contributed by atoms with Gasteiger partial charge in [0, 0.05) is 23.9 Å². The van der Waals surface area contributed by atoms with Crippen LogP contribution in [0.1, 0.15) is 11.1 Å². The summed E-state index contributed by atoms with van der Waals surface area (Å²) in [5.74, 6) is 0.187. The van der Waals surface area contributed by atoms with Crippen LogP contribution in [0.5, 0.6) is 0 Å². The van der Waals surface area contributed by atoms with E-state index in [0.717, 1.165) is 11.1 Å². The number of H-pyrrole nitrogens is 1. The molecule has 0 bridgehead atoms. The summed E-state index contributed by atoms with van der Waals surface area (Å²) in [4.78, 5) is 16.6. The fourth-order valence-electron chi connectivity index (χ4n) is 2.78. The molecule has 2 N–H and O–H groups in total. The van der Waals surface area contributed by atoms with Crippen molar-refractivity contribution < 1.29 is 13.2 Å². The van der Waals surface area contributed by atoms with Crippen molar-refractivity contribution in [3.63, 3.8) is 0 Å². The molecule has 0 atom stereocenters. The maximum Gasteiger partial charge on any atom is 0.243 e. The normalized spacial score (nSPS) is 11.6. The highest BCUT2D eigenvalue weighted by molar-refractivity contribution is 7.99. The summed E-state index contributed by atoms with van der Waals surface area (Å²) in [5.41, 5.74) is 1.77. The molecule has 3 rings (SSSR count). The Bertz CT molecular complexity index is 1110. The number of sulfonamides is 1. The number of aromatic amines is 1. The second-order valence-electron chi connectivity index (χ2n) is 6.64. The highest BCUT2D eigenvalue weighted by Gasteiger charge is 2.27. The highest BCUT2D eigenvalue weighted by Crippen LogP contribution is 2.21. The van der Waals surface area contributed by atoms with E-state index in [1.807, 2.05) is 31.2 Å². The minimum Gasteiger partial charge on any atom is -0.354 e. The van der Waals surface area contributed by atoms with Gasteiger partial charge in [-0.1, -0.05) is 47.6 Å². The molecule has 1 heterocycles. The van der Waals surface area contributed by atoms with E-state index in [9.17, 15) is 13.2 Å². The third-order valence-electron chi connectivity index (χ3n) is 4.44. The maximum atomic E-state index is 13.3. The minimum absolute atomic E-state index is 0.0812. The van der Waals surface area contributed by atoms with Crippen molar-refractivity contribution in [1.82, 2.24) is 24.8 Å². The Balaban J connectivity index is 1.71. The van der Waals surface area contributed by atoms with Gasteiger partial charge in [0.25, 0.3) is 0 Å². The van der Waals surface area contributed by atoms with Crippen molar-refractivity contribution >= 4 is 39.3 Å². The lowest BCUT2D eigenvalue weighted by Crippen LogP contribution is -2.41. The van der Waals surface area contributed by atoms with Crippen molar-refractivity contribution in [1.29, 1.82) is 0 Å². The number of aryl methyl sites for hydroxylation is 1. The molecular weight excluding hydrogens is 458 g/mol. The molecule has 3 aromatic rings. The highest BCUT2D eigenvalue weighted by atomic mass is 35.5. The zero-order valence-corrected chi connectivity index (χ0v) is 19.2. The zero-order chi connectivity index (χ0) is 22.3. The molecule has 0 unspecified atom stereocenters. The van der Waals surface area contributed by atoms with Crippen LogP contribution < -0.4 is 5.32 Å². The van der Waals surface area contributed by atoms with Crippen molar-refractivity contribution in [3.05, 3.63) is 71.0 Å². The van der Waals surface area contributed by atoms with Gasteiger partial charge in [0.15, 0.2) is 5.16 Å². The summed E-state index contributed by atoms with van der Waals surface area (Å²) in [6, 6.07) is 13.4. The van der Waals surface area contributed by atoms with E-state index in [2.05, 4.69) is 20.5 Å². The number of halogens is 1. The molecule has 11 heteroatoms. The number of aromatic nitrogens is 3. The van der Waals surface area contributed by atoms with Crippen molar-refractivity contribution in [3.8, 4) is 0 Å². The topological polar surface area (TPSA) is 108 Å². The van der Waals surface area contributed by atoms with E-state index in [4.69, 9.17) is 11.6 Å². The number of amides is 1. The smallest absolute Gasteiger partial charge is 0.243 e. The van der Waals surface area contributed by atoms with Crippen LogP contribution in [-0.4, -0.2) is 52.7 Å². The standard InChI is InChI=1S/C20H22ClN5O3S2/c1-15-4-2-3-5-16(15)12-26(31(28,29)18-8-6-17(21)7-9-18)13-19(27)22-10-11-30-20-23-14-24-25-20/h2-9,14H,10-13H2,1H3,(H,22,27)(H,23,24,25). The summed E-state index contributed by atoms with van der Waals surface area (Å²) >= 11 is 7.31. The van der Waals surface area contributed by atoms with Gasteiger partial charge in [0.05, 0.1) is 11.4 Å². The molecule has 31 heavy (non-hydrogen) atoms. The number of thioether (sulfide) groups is 1. The van der Waals surface area contributed by atoms with Gasteiger partial charge in [-0.2, -0.15) is 9.40 Å². The molecule has 1 aromatic heterocycles. The predicted octanol–water partition coefficient (Wildman–Crippen LogP) is 2.87. The lowest BCUT2D eigenvalue weighted by Gasteiger charge is -2.23. The van der Waals surface area contributed by atoms with Crippen LogP contribution in [0.3, 0.4) is 0 Å². The second kappa shape index (κ2) is 10.8. The molecule has 0 spiro atoms. The quantitative estimate of drug-likeness (QED) is 0.342. The van der Waals surface area contributed by atoms with Crippen molar-refractivity contribution in [2.45, 2.75) is 23.5 Å². The van der Waals surface area contributed by atoms with Gasteiger partial charge < -0.3 is 5.32 Å². The Kier molecular flexibility index (Phi) is 8.08. The van der Waals surface area contributed by atoms with Gasteiger partial charge in [-0.3, -0.25) is 9.89 Å². The van der Waals surface area contributed by atoms with E-state index in [0.29, 0.717) is 22.5 Å². The van der Waals surface area contributed by atoms with Gasteiger partial charge in [-0.25, -0.2) is 13.4 Å². The van der Waals surface area contributed by atoms with Crippen LogP contribution in [0.15, 0.2) is 64.9 Å². The number of nitrogens with one attached hydrogen (secondary N) is 2. The van der Waals surface area contributed by atoms with Gasteiger partial charge in [0.1, 0.15) is 6.33 Å². The first kappa shape index (κ1) is 23.3. The molecule has 0 fully saturated rings.